The summed E-state index contributed by atoms with van der Waals surface area (Å²) in [4.78, 5) is 6.67. The Morgan fingerprint density at radius 2 is 1.83 bits per heavy atom. The molecule has 24 heavy (non-hydrogen) atoms. The third-order valence-electron chi connectivity index (χ3n) is 3.96. The Labute approximate surface area is 143 Å². The Morgan fingerprint density at radius 3 is 2.50 bits per heavy atom. The third kappa shape index (κ3) is 4.66. The van der Waals surface area contributed by atoms with E-state index in [1.807, 2.05) is 42.5 Å². The van der Waals surface area contributed by atoms with Gasteiger partial charge in [0.1, 0.15) is 5.82 Å². The largest absolute Gasteiger partial charge is 0.357 e. The van der Waals surface area contributed by atoms with Crippen molar-refractivity contribution in [1.82, 2.24) is 9.71 Å². The molecule has 1 aliphatic rings. The topological polar surface area (TPSA) is 62.3 Å². The third-order valence-corrected chi connectivity index (χ3v) is 5.00. The predicted octanol–water partition coefficient (Wildman–Crippen LogP) is 2.77. The number of hydrogen-bond acceptors (Lipinski definition) is 4. The van der Waals surface area contributed by atoms with Crippen LogP contribution in [-0.2, 0) is 16.6 Å². The van der Waals surface area contributed by atoms with E-state index in [0.29, 0.717) is 0 Å². The van der Waals surface area contributed by atoms with Gasteiger partial charge in [-0.3, -0.25) is 0 Å². The van der Waals surface area contributed by atoms with Crippen LogP contribution >= 0.6 is 0 Å². The number of rotatable bonds is 6. The van der Waals surface area contributed by atoms with Gasteiger partial charge in [-0.2, -0.15) is 0 Å². The van der Waals surface area contributed by atoms with E-state index in [1.54, 1.807) is 12.3 Å². The lowest BCUT2D eigenvalue weighted by Gasteiger charge is -2.16. The SMILES string of the molecule is O=S(=O)(/C=C/c1ccccc1)NCc1ccc(N2CCCC2)nc1. The van der Waals surface area contributed by atoms with E-state index in [1.165, 1.54) is 18.2 Å². The highest BCUT2D eigenvalue weighted by molar-refractivity contribution is 7.92. The van der Waals surface area contributed by atoms with Gasteiger partial charge in [-0.1, -0.05) is 36.4 Å². The van der Waals surface area contributed by atoms with Crippen LogP contribution in [0.15, 0.2) is 54.1 Å². The van der Waals surface area contributed by atoms with Crippen molar-refractivity contribution in [1.29, 1.82) is 0 Å². The first-order valence-electron chi connectivity index (χ1n) is 8.05. The highest BCUT2D eigenvalue weighted by Crippen LogP contribution is 2.17. The molecule has 0 unspecified atom stereocenters. The molecule has 0 amide bonds. The van der Waals surface area contributed by atoms with E-state index in [-0.39, 0.29) is 6.54 Å². The number of hydrogen-bond donors (Lipinski definition) is 1. The molecular weight excluding hydrogens is 322 g/mol. The molecule has 1 fully saturated rings. The zero-order valence-electron chi connectivity index (χ0n) is 13.4. The Balaban J connectivity index is 1.57. The summed E-state index contributed by atoms with van der Waals surface area (Å²) < 4.78 is 26.6. The molecule has 0 bridgehead atoms. The highest BCUT2D eigenvalue weighted by Gasteiger charge is 2.13. The van der Waals surface area contributed by atoms with E-state index in [0.717, 1.165) is 30.0 Å². The number of nitrogens with one attached hydrogen (secondary N) is 1. The van der Waals surface area contributed by atoms with E-state index in [4.69, 9.17) is 0 Å². The van der Waals surface area contributed by atoms with Crippen LogP contribution in [0.3, 0.4) is 0 Å². The van der Waals surface area contributed by atoms with Crippen molar-refractivity contribution >= 4 is 21.9 Å². The number of nitrogens with zero attached hydrogens (tertiary/aromatic N) is 2. The van der Waals surface area contributed by atoms with Crippen molar-refractivity contribution in [2.24, 2.45) is 0 Å². The van der Waals surface area contributed by atoms with Crippen LogP contribution in [0.4, 0.5) is 5.82 Å². The minimum atomic E-state index is -3.47. The van der Waals surface area contributed by atoms with Gasteiger partial charge < -0.3 is 4.90 Å². The summed E-state index contributed by atoms with van der Waals surface area (Å²) in [5, 5.41) is 1.19. The molecule has 0 spiro atoms. The molecule has 1 aromatic heterocycles. The average Bonchev–Trinajstić information content (AvgIpc) is 3.15. The number of benzene rings is 1. The molecule has 1 N–H and O–H groups in total. The summed E-state index contributed by atoms with van der Waals surface area (Å²) >= 11 is 0. The van der Waals surface area contributed by atoms with E-state index < -0.39 is 10.0 Å². The van der Waals surface area contributed by atoms with Crippen LogP contribution in [0.5, 0.6) is 0 Å². The molecule has 3 rings (SSSR count). The van der Waals surface area contributed by atoms with Crippen molar-refractivity contribution in [3.8, 4) is 0 Å². The standard InChI is InChI=1S/C18H21N3O2S/c22-24(23,13-10-16-6-2-1-3-7-16)20-15-17-8-9-18(19-14-17)21-11-4-5-12-21/h1-3,6-10,13-14,20H,4-5,11-12,15H2/b13-10+. The Morgan fingerprint density at radius 1 is 1.08 bits per heavy atom. The first-order chi connectivity index (χ1) is 11.6. The number of aromatic nitrogens is 1. The zero-order valence-corrected chi connectivity index (χ0v) is 14.2. The van der Waals surface area contributed by atoms with Gasteiger partial charge in [-0.25, -0.2) is 18.1 Å². The van der Waals surface area contributed by atoms with Gasteiger partial charge in [0.2, 0.25) is 10.0 Å². The minimum absolute atomic E-state index is 0.231. The fraction of sp³-hybridized carbons (Fsp3) is 0.278. The Bertz CT molecular complexity index is 781. The summed E-state index contributed by atoms with van der Waals surface area (Å²) in [6.07, 6.45) is 5.72. The lowest BCUT2D eigenvalue weighted by atomic mass is 10.2. The second kappa shape index (κ2) is 7.59. The molecular formula is C18H21N3O2S. The van der Waals surface area contributed by atoms with Gasteiger partial charge in [0.15, 0.2) is 0 Å². The van der Waals surface area contributed by atoms with E-state index in [2.05, 4.69) is 14.6 Å². The molecule has 0 atom stereocenters. The van der Waals surface area contributed by atoms with Crippen LogP contribution in [0, 0.1) is 0 Å². The molecule has 0 saturated carbocycles. The quantitative estimate of drug-likeness (QED) is 0.876. The molecule has 126 valence electrons. The monoisotopic (exact) mass is 343 g/mol. The van der Waals surface area contributed by atoms with Gasteiger partial charge in [-0.05, 0) is 36.1 Å². The summed E-state index contributed by atoms with van der Waals surface area (Å²) in [7, 11) is -3.47. The molecule has 2 aromatic rings. The summed E-state index contributed by atoms with van der Waals surface area (Å²) in [6, 6.07) is 13.2. The molecule has 0 aliphatic carbocycles. The maximum atomic E-state index is 12.0. The van der Waals surface area contributed by atoms with Crippen LogP contribution in [0.2, 0.25) is 0 Å². The molecule has 2 heterocycles. The van der Waals surface area contributed by atoms with Crippen LogP contribution in [0.1, 0.15) is 24.0 Å². The van der Waals surface area contributed by atoms with Gasteiger partial charge in [0.25, 0.3) is 0 Å². The number of sulfonamides is 1. The van der Waals surface area contributed by atoms with Crippen LogP contribution in [0.25, 0.3) is 6.08 Å². The average molecular weight is 343 g/mol. The fourth-order valence-corrected chi connectivity index (χ4v) is 3.42. The van der Waals surface area contributed by atoms with Crippen molar-refractivity contribution in [3.63, 3.8) is 0 Å². The Kier molecular flexibility index (Phi) is 5.27. The summed E-state index contributed by atoms with van der Waals surface area (Å²) in [5.74, 6) is 0.961. The molecule has 0 radical (unpaired) electrons. The normalized spacial score (nSPS) is 15.2. The maximum absolute atomic E-state index is 12.0. The summed E-state index contributed by atoms with van der Waals surface area (Å²) in [6.45, 7) is 2.32. The molecule has 6 heteroatoms. The highest BCUT2D eigenvalue weighted by atomic mass is 32.2. The lowest BCUT2D eigenvalue weighted by molar-refractivity contribution is 0.590. The van der Waals surface area contributed by atoms with Gasteiger partial charge in [0.05, 0.1) is 0 Å². The first kappa shape index (κ1) is 16.7. The lowest BCUT2D eigenvalue weighted by Crippen LogP contribution is -2.21. The Hall–Kier alpha value is -2.18. The second-order valence-electron chi connectivity index (χ2n) is 5.80. The smallest absolute Gasteiger partial charge is 0.234 e. The van der Waals surface area contributed by atoms with E-state index >= 15 is 0 Å². The van der Waals surface area contributed by atoms with Crippen LogP contribution < -0.4 is 9.62 Å². The van der Waals surface area contributed by atoms with Crippen molar-refractivity contribution in [3.05, 3.63) is 65.2 Å². The van der Waals surface area contributed by atoms with Gasteiger partial charge >= 0.3 is 0 Å². The summed E-state index contributed by atoms with van der Waals surface area (Å²) in [5.41, 5.74) is 1.69. The number of pyridine rings is 1. The molecule has 1 aromatic carbocycles. The number of anilines is 1. The zero-order chi connectivity index (χ0) is 16.8. The van der Waals surface area contributed by atoms with Gasteiger partial charge in [-0.15, -0.1) is 0 Å². The first-order valence-corrected chi connectivity index (χ1v) is 9.60. The molecule has 1 saturated heterocycles. The van der Waals surface area contributed by atoms with Crippen LogP contribution in [-0.4, -0.2) is 26.5 Å². The van der Waals surface area contributed by atoms with Crippen molar-refractivity contribution in [2.45, 2.75) is 19.4 Å². The predicted molar refractivity (Wildman–Crippen MR) is 96.9 cm³/mol. The minimum Gasteiger partial charge on any atom is -0.357 e. The second-order valence-corrected chi connectivity index (χ2v) is 7.45. The molecule has 1 aliphatic heterocycles. The van der Waals surface area contributed by atoms with Gasteiger partial charge in [0, 0.05) is 31.2 Å². The fourth-order valence-electron chi connectivity index (χ4n) is 2.62. The van der Waals surface area contributed by atoms with Crippen molar-refractivity contribution in [2.75, 3.05) is 18.0 Å². The molecule has 5 nitrogen and oxygen atoms in total. The maximum Gasteiger partial charge on any atom is 0.234 e. The van der Waals surface area contributed by atoms with Crippen molar-refractivity contribution < 1.29 is 8.42 Å². The van der Waals surface area contributed by atoms with E-state index in [9.17, 15) is 8.42 Å².